The number of carbonyl (C=O) groups is 1. The molecule has 168 valence electrons. The summed E-state index contributed by atoms with van der Waals surface area (Å²) in [4.78, 5) is 18.7. The summed E-state index contributed by atoms with van der Waals surface area (Å²) in [5.74, 6) is 1.95. The second kappa shape index (κ2) is 9.57. The summed E-state index contributed by atoms with van der Waals surface area (Å²) in [5.41, 5.74) is 2.42. The van der Waals surface area contributed by atoms with Gasteiger partial charge >= 0.3 is 7.12 Å². The van der Waals surface area contributed by atoms with Gasteiger partial charge in [-0.25, -0.2) is 4.98 Å². The van der Waals surface area contributed by atoms with E-state index in [1.54, 1.807) is 0 Å². The average Bonchev–Trinajstić information content (AvgIpc) is 3.27. The minimum atomic E-state index is -0.355. The van der Waals surface area contributed by atoms with Crippen LogP contribution in [0.2, 0.25) is 0 Å². The van der Waals surface area contributed by atoms with Crippen LogP contribution in [0.5, 0.6) is 0 Å². The molecule has 2 N–H and O–H groups in total. The molecule has 0 bridgehead atoms. The Morgan fingerprint density at radius 3 is 2.35 bits per heavy atom. The van der Waals surface area contributed by atoms with Crippen LogP contribution in [0.4, 0.5) is 0 Å². The first-order valence-corrected chi connectivity index (χ1v) is 11.3. The normalized spacial score (nSPS) is 18.4. The number of aromatic nitrogens is 2. The van der Waals surface area contributed by atoms with Gasteiger partial charge in [-0.3, -0.25) is 4.79 Å². The third-order valence-corrected chi connectivity index (χ3v) is 6.44. The topological polar surface area (TPSA) is 76.2 Å². The van der Waals surface area contributed by atoms with Gasteiger partial charge < -0.3 is 19.6 Å². The van der Waals surface area contributed by atoms with Crippen LogP contribution >= 0.6 is 0 Å². The van der Waals surface area contributed by atoms with E-state index in [-0.39, 0.29) is 18.3 Å². The zero-order valence-electron chi connectivity index (χ0n) is 19.7. The minimum absolute atomic E-state index is 0.346. The van der Waals surface area contributed by atoms with Crippen LogP contribution in [0.1, 0.15) is 72.5 Å². The smallest absolute Gasteiger partial charge is 0.399 e. The third-order valence-electron chi connectivity index (χ3n) is 6.44. The van der Waals surface area contributed by atoms with Gasteiger partial charge in [-0.15, -0.1) is 0 Å². The van der Waals surface area contributed by atoms with Gasteiger partial charge in [0.2, 0.25) is 6.41 Å². The summed E-state index contributed by atoms with van der Waals surface area (Å²) in [7, 11) is -0.355. The van der Waals surface area contributed by atoms with E-state index < -0.39 is 0 Å². The van der Waals surface area contributed by atoms with Crippen molar-refractivity contribution in [2.24, 2.45) is 5.92 Å². The quantitative estimate of drug-likeness (QED) is 0.342. The number of nitrogens with zero attached hydrogens (tertiary/aromatic N) is 1. The Labute approximate surface area is 186 Å². The molecule has 3 rings (SSSR count). The number of hydrogen-bond acceptors (Lipinski definition) is 4. The van der Waals surface area contributed by atoms with Gasteiger partial charge in [0.1, 0.15) is 5.82 Å². The lowest BCUT2D eigenvalue weighted by molar-refractivity contribution is -0.109. The molecule has 1 saturated heterocycles. The van der Waals surface area contributed by atoms with Gasteiger partial charge in [-0.2, -0.15) is 0 Å². The minimum Gasteiger partial charge on any atom is -0.399 e. The Kier molecular flexibility index (Phi) is 7.27. The molecule has 1 atom stereocenters. The van der Waals surface area contributed by atoms with Crippen molar-refractivity contribution >= 4 is 19.0 Å². The van der Waals surface area contributed by atoms with Crippen LogP contribution in [0.25, 0.3) is 11.3 Å². The lowest BCUT2D eigenvalue weighted by atomic mass is 9.79. The van der Waals surface area contributed by atoms with Crippen molar-refractivity contribution in [2.75, 3.05) is 6.54 Å². The van der Waals surface area contributed by atoms with Crippen molar-refractivity contribution in [1.82, 2.24) is 15.3 Å². The Morgan fingerprint density at radius 2 is 1.77 bits per heavy atom. The van der Waals surface area contributed by atoms with E-state index in [0.717, 1.165) is 48.2 Å². The highest BCUT2D eigenvalue weighted by molar-refractivity contribution is 6.62. The first-order valence-electron chi connectivity index (χ1n) is 11.3. The van der Waals surface area contributed by atoms with Gasteiger partial charge in [0.05, 0.1) is 23.1 Å². The Morgan fingerprint density at radius 1 is 1.13 bits per heavy atom. The lowest BCUT2D eigenvalue weighted by Crippen LogP contribution is -2.41. The van der Waals surface area contributed by atoms with E-state index in [1.807, 2.05) is 6.20 Å². The fourth-order valence-electron chi connectivity index (χ4n) is 3.93. The van der Waals surface area contributed by atoms with E-state index in [4.69, 9.17) is 9.31 Å². The highest BCUT2D eigenvalue weighted by atomic mass is 16.7. The molecule has 0 saturated carbocycles. The van der Waals surface area contributed by atoms with Gasteiger partial charge in [0, 0.05) is 12.5 Å². The summed E-state index contributed by atoms with van der Waals surface area (Å²) < 4.78 is 12.3. The number of H-pyrrole nitrogens is 1. The molecule has 7 heteroatoms. The monoisotopic (exact) mass is 425 g/mol. The summed E-state index contributed by atoms with van der Waals surface area (Å²) in [6.45, 7) is 13.4. The number of hydrogen-bond donors (Lipinski definition) is 2. The second-order valence-corrected chi connectivity index (χ2v) is 9.93. The number of nitrogens with one attached hydrogen (secondary N) is 2. The number of rotatable bonds is 10. The molecule has 0 spiro atoms. The standard InChI is InChI=1S/C24H36BN3O3/c1-17(2)14-19(8-7-13-26-16-29)22-27-15-21(28-22)18-9-11-20(12-10-18)25-30-23(3,4)24(5,6)31-25/h9-12,15-17,19H,7-8,13-14H2,1-6H3,(H,26,29)(H,27,28). The van der Waals surface area contributed by atoms with Gasteiger partial charge in [-0.05, 0) is 63.9 Å². The van der Waals surface area contributed by atoms with Crippen molar-refractivity contribution in [2.45, 2.75) is 77.9 Å². The maximum atomic E-state index is 10.5. The van der Waals surface area contributed by atoms with Crippen molar-refractivity contribution in [3.05, 3.63) is 36.3 Å². The van der Waals surface area contributed by atoms with Crippen LogP contribution in [-0.2, 0) is 14.1 Å². The fourth-order valence-corrected chi connectivity index (χ4v) is 3.93. The highest BCUT2D eigenvalue weighted by Gasteiger charge is 2.51. The van der Waals surface area contributed by atoms with E-state index in [0.29, 0.717) is 18.4 Å². The van der Waals surface area contributed by atoms with Gasteiger partial charge in [-0.1, -0.05) is 38.1 Å². The predicted molar refractivity (Wildman–Crippen MR) is 125 cm³/mol. The van der Waals surface area contributed by atoms with E-state index in [2.05, 4.69) is 81.1 Å². The number of benzene rings is 1. The van der Waals surface area contributed by atoms with Crippen molar-refractivity contribution in [3.63, 3.8) is 0 Å². The highest BCUT2D eigenvalue weighted by Crippen LogP contribution is 2.36. The summed E-state index contributed by atoms with van der Waals surface area (Å²) >= 11 is 0. The molecular weight excluding hydrogens is 389 g/mol. The van der Waals surface area contributed by atoms with Crippen LogP contribution in [0.15, 0.2) is 30.5 Å². The number of aromatic amines is 1. The Balaban J connectivity index is 1.70. The molecule has 1 fully saturated rings. The molecule has 1 unspecified atom stereocenters. The molecule has 0 aliphatic carbocycles. The lowest BCUT2D eigenvalue weighted by Gasteiger charge is -2.32. The second-order valence-electron chi connectivity index (χ2n) is 9.93. The maximum Gasteiger partial charge on any atom is 0.494 e. The van der Waals surface area contributed by atoms with Crippen molar-refractivity contribution in [3.8, 4) is 11.3 Å². The number of amides is 1. The zero-order chi connectivity index (χ0) is 22.6. The average molecular weight is 425 g/mol. The number of carbonyl (C=O) groups excluding carboxylic acids is 1. The number of imidazole rings is 1. The molecule has 1 aliphatic rings. The molecular formula is C24H36BN3O3. The summed E-state index contributed by atoms with van der Waals surface area (Å²) in [6.07, 6.45) is 5.67. The van der Waals surface area contributed by atoms with Gasteiger partial charge in [0.15, 0.2) is 0 Å². The molecule has 1 amide bonds. The molecule has 1 aromatic carbocycles. The zero-order valence-corrected chi connectivity index (χ0v) is 19.7. The van der Waals surface area contributed by atoms with E-state index in [9.17, 15) is 4.79 Å². The summed E-state index contributed by atoms with van der Waals surface area (Å²) in [5, 5.41) is 2.75. The predicted octanol–water partition coefficient (Wildman–Crippen LogP) is 4.03. The van der Waals surface area contributed by atoms with Crippen LogP contribution in [0.3, 0.4) is 0 Å². The van der Waals surface area contributed by atoms with Crippen LogP contribution in [0, 0.1) is 5.92 Å². The maximum absolute atomic E-state index is 10.5. The first-order chi connectivity index (χ1) is 14.6. The Hall–Kier alpha value is -2.12. The Bertz CT molecular complexity index is 845. The third kappa shape index (κ3) is 5.58. The van der Waals surface area contributed by atoms with Gasteiger partial charge in [0.25, 0.3) is 0 Å². The SMILES string of the molecule is CC(C)CC(CCCNC=O)c1ncc(-c2ccc(B3OC(C)(C)C(C)(C)O3)cc2)[nH]1. The fraction of sp³-hybridized carbons (Fsp3) is 0.583. The molecule has 2 aromatic rings. The molecule has 1 aromatic heterocycles. The molecule has 2 heterocycles. The molecule has 0 radical (unpaired) electrons. The van der Waals surface area contributed by atoms with Crippen LogP contribution < -0.4 is 10.8 Å². The van der Waals surface area contributed by atoms with E-state index in [1.165, 1.54) is 0 Å². The van der Waals surface area contributed by atoms with Crippen molar-refractivity contribution in [1.29, 1.82) is 0 Å². The molecule has 31 heavy (non-hydrogen) atoms. The van der Waals surface area contributed by atoms with E-state index >= 15 is 0 Å². The molecule has 1 aliphatic heterocycles. The molecule has 6 nitrogen and oxygen atoms in total. The largest absolute Gasteiger partial charge is 0.494 e. The summed E-state index contributed by atoms with van der Waals surface area (Å²) in [6, 6.07) is 8.30. The van der Waals surface area contributed by atoms with Crippen LogP contribution in [-0.4, -0.2) is 41.2 Å². The first kappa shape index (κ1) is 23.5. The van der Waals surface area contributed by atoms with Crippen molar-refractivity contribution < 1.29 is 14.1 Å².